The summed E-state index contributed by atoms with van der Waals surface area (Å²) in [6.45, 7) is 4.17. The van der Waals surface area contributed by atoms with Crippen LogP contribution >= 0.6 is 22.9 Å². The van der Waals surface area contributed by atoms with Crippen LogP contribution in [0.5, 0.6) is 5.88 Å². The Hall–Kier alpha value is -1.66. The predicted molar refractivity (Wildman–Crippen MR) is 75.2 cm³/mol. The standard InChI is InChI=1S/C12H12ClN3O2S/c1-3-18-9-5-4-8(13)10(15-9)11(17)16-12-14-7(2)6-19-12/h4-6H,3H2,1-2H3,(H,14,16,17). The minimum Gasteiger partial charge on any atom is -0.478 e. The third kappa shape index (κ3) is 3.42. The molecule has 0 bridgehead atoms. The van der Waals surface area contributed by atoms with E-state index in [1.165, 1.54) is 11.3 Å². The average Bonchev–Trinajstić information content (AvgIpc) is 2.77. The van der Waals surface area contributed by atoms with E-state index in [2.05, 4.69) is 15.3 Å². The predicted octanol–water partition coefficient (Wildman–Crippen LogP) is 3.15. The molecule has 0 aliphatic heterocycles. The van der Waals surface area contributed by atoms with Crippen molar-refractivity contribution in [3.8, 4) is 5.88 Å². The van der Waals surface area contributed by atoms with Gasteiger partial charge in [0.2, 0.25) is 5.88 Å². The van der Waals surface area contributed by atoms with Crippen molar-refractivity contribution in [2.75, 3.05) is 11.9 Å². The summed E-state index contributed by atoms with van der Waals surface area (Å²) in [5.41, 5.74) is 0.975. The Labute approximate surface area is 119 Å². The lowest BCUT2D eigenvalue weighted by Gasteiger charge is -2.06. The Morgan fingerprint density at radius 3 is 2.89 bits per heavy atom. The van der Waals surface area contributed by atoms with E-state index in [-0.39, 0.29) is 10.7 Å². The number of amides is 1. The SMILES string of the molecule is CCOc1ccc(Cl)c(C(=O)Nc2nc(C)cs2)n1. The summed E-state index contributed by atoms with van der Waals surface area (Å²) in [4.78, 5) is 20.3. The molecule has 0 fully saturated rings. The largest absolute Gasteiger partial charge is 0.478 e. The minimum atomic E-state index is -0.402. The zero-order valence-corrected chi connectivity index (χ0v) is 12.0. The number of pyridine rings is 1. The fourth-order valence-electron chi connectivity index (χ4n) is 1.38. The number of hydrogen-bond donors (Lipinski definition) is 1. The number of aryl methyl sites for hydroxylation is 1. The summed E-state index contributed by atoms with van der Waals surface area (Å²) in [5, 5.41) is 5.29. The van der Waals surface area contributed by atoms with Crippen molar-refractivity contribution in [3.63, 3.8) is 0 Å². The van der Waals surface area contributed by atoms with E-state index in [9.17, 15) is 4.79 Å². The van der Waals surface area contributed by atoms with Crippen molar-refractivity contribution >= 4 is 34.0 Å². The van der Waals surface area contributed by atoms with Crippen LogP contribution in [-0.2, 0) is 0 Å². The second-order valence-corrected chi connectivity index (χ2v) is 4.93. The van der Waals surface area contributed by atoms with Gasteiger partial charge in [-0.2, -0.15) is 0 Å². The number of thiazole rings is 1. The van der Waals surface area contributed by atoms with Crippen LogP contribution in [0.3, 0.4) is 0 Å². The van der Waals surface area contributed by atoms with E-state index in [0.717, 1.165) is 5.69 Å². The van der Waals surface area contributed by atoms with E-state index in [1.54, 1.807) is 12.1 Å². The molecule has 2 aromatic heterocycles. The van der Waals surface area contributed by atoms with Gasteiger partial charge in [-0.25, -0.2) is 9.97 Å². The first-order valence-electron chi connectivity index (χ1n) is 5.63. The highest BCUT2D eigenvalue weighted by atomic mass is 35.5. The van der Waals surface area contributed by atoms with Crippen LogP contribution in [0, 0.1) is 6.92 Å². The maximum absolute atomic E-state index is 12.1. The molecule has 0 spiro atoms. The highest BCUT2D eigenvalue weighted by molar-refractivity contribution is 7.13. The number of nitrogens with one attached hydrogen (secondary N) is 1. The Morgan fingerprint density at radius 2 is 2.26 bits per heavy atom. The van der Waals surface area contributed by atoms with E-state index in [0.29, 0.717) is 17.6 Å². The number of rotatable bonds is 4. The Morgan fingerprint density at radius 1 is 1.47 bits per heavy atom. The summed E-state index contributed by atoms with van der Waals surface area (Å²) >= 11 is 7.31. The fraction of sp³-hybridized carbons (Fsp3) is 0.250. The monoisotopic (exact) mass is 297 g/mol. The van der Waals surface area contributed by atoms with Crippen LogP contribution in [0.4, 0.5) is 5.13 Å². The van der Waals surface area contributed by atoms with Gasteiger partial charge in [-0.1, -0.05) is 11.6 Å². The third-order valence-corrected chi connectivity index (χ3v) is 3.35. The summed E-state index contributed by atoms with van der Waals surface area (Å²) < 4.78 is 5.24. The van der Waals surface area contributed by atoms with Gasteiger partial charge in [0.1, 0.15) is 0 Å². The van der Waals surface area contributed by atoms with E-state index in [1.807, 2.05) is 19.2 Å². The molecule has 0 saturated heterocycles. The topological polar surface area (TPSA) is 64.1 Å². The van der Waals surface area contributed by atoms with Gasteiger partial charge in [-0.15, -0.1) is 11.3 Å². The molecular weight excluding hydrogens is 286 g/mol. The second kappa shape index (κ2) is 5.99. The molecule has 2 rings (SSSR count). The second-order valence-electron chi connectivity index (χ2n) is 3.66. The van der Waals surface area contributed by atoms with Gasteiger partial charge < -0.3 is 4.74 Å². The number of hydrogen-bond acceptors (Lipinski definition) is 5. The molecule has 1 amide bonds. The smallest absolute Gasteiger partial charge is 0.277 e. The van der Waals surface area contributed by atoms with Crippen LogP contribution in [0.25, 0.3) is 0 Å². The number of aromatic nitrogens is 2. The molecule has 0 unspecified atom stereocenters. The number of anilines is 1. The van der Waals surface area contributed by atoms with Gasteiger partial charge in [0.15, 0.2) is 10.8 Å². The van der Waals surface area contributed by atoms with Crippen LogP contribution < -0.4 is 10.1 Å². The molecule has 0 aliphatic carbocycles. The molecule has 0 atom stereocenters. The molecule has 0 aliphatic rings. The molecule has 1 N–H and O–H groups in total. The summed E-state index contributed by atoms with van der Waals surface area (Å²) in [7, 11) is 0. The van der Waals surface area contributed by atoms with Crippen molar-refractivity contribution in [3.05, 3.63) is 33.9 Å². The minimum absolute atomic E-state index is 0.125. The molecule has 5 nitrogen and oxygen atoms in total. The van der Waals surface area contributed by atoms with Gasteiger partial charge in [-0.3, -0.25) is 10.1 Å². The van der Waals surface area contributed by atoms with Crippen LogP contribution in [0.1, 0.15) is 23.1 Å². The van der Waals surface area contributed by atoms with E-state index >= 15 is 0 Å². The van der Waals surface area contributed by atoms with Gasteiger partial charge in [-0.05, 0) is 19.9 Å². The van der Waals surface area contributed by atoms with E-state index in [4.69, 9.17) is 16.3 Å². The number of nitrogens with zero attached hydrogens (tertiary/aromatic N) is 2. The quantitative estimate of drug-likeness (QED) is 0.941. The molecule has 2 aromatic rings. The Balaban J connectivity index is 2.20. The van der Waals surface area contributed by atoms with Crippen molar-refractivity contribution in [2.45, 2.75) is 13.8 Å². The lowest BCUT2D eigenvalue weighted by molar-refractivity contribution is 0.102. The summed E-state index contributed by atoms with van der Waals surface area (Å²) in [5.74, 6) is -0.0340. The van der Waals surface area contributed by atoms with Gasteiger partial charge in [0.05, 0.1) is 17.3 Å². The summed E-state index contributed by atoms with van der Waals surface area (Å²) in [6.07, 6.45) is 0. The van der Waals surface area contributed by atoms with Crippen LogP contribution in [-0.4, -0.2) is 22.5 Å². The molecular formula is C12H12ClN3O2S. The zero-order valence-electron chi connectivity index (χ0n) is 10.4. The van der Waals surface area contributed by atoms with Crippen LogP contribution in [0.15, 0.2) is 17.5 Å². The van der Waals surface area contributed by atoms with Crippen molar-refractivity contribution in [2.24, 2.45) is 0 Å². The maximum Gasteiger partial charge on any atom is 0.277 e. The Bertz CT molecular complexity index is 600. The van der Waals surface area contributed by atoms with Crippen molar-refractivity contribution < 1.29 is 9.53 Å². The average molecular weight is 298 g/mol. The number of carbonyl (C=O) groups excluding carboxylic acids is 1. The lowest BCUT2D eigenvalue weighted by Crippen LogP contribution is -2.14. The van der Waals surface area contributed by atoms with Gasteiger partial charge >= 0.3 is 0 Å². The van der Waals surface area contributed by atoms with Crippen molar-refractivity contribution in [1.29, 1.82) is 0 Å². The molecule has 100 valence electrons. The zero-order chi connectivity index (χ0) is 13.8. The highest BCUT2D eigenvalue weighted by Gasteiger charge is 2.15. The van der Waals surface area contributed by atoms with Gasteiger partial charge in [0, 0.05) is 11.4 Å². The summed E-state index contributed by atoms with van der Waals surface area (Å²) in [6, 6.07) is 3.21. The van der Waals surface area contributed by atoms with Crippen LogP contribution in [0.2, 0.25) is 5.02 Å². The normalized spacial score (nSPS) is 10.3. The van der Waals surface area contributed by atoms with E-state index < -0.39 is 5.91 Å². The molecule has 2 heterocycles. The Kier molecular flexibility index (Phi) is 4.34. The highest BCUT2D eigenvalue weighted by Crippen LogP contribution is 2.21. The number of carbonyl (C=O) groups is 1. The fourth-order valence-corrected chi connectivity index (χ4v) is 2.25. The van der Waals surface area contributed by atoms with Crippen molar-refractivity contribution in [1.82, 2.24) is 9.97 Å². The molecule has 0 aromatic carbocycles. The maximum atomic E-state index is 12.1. The first-order valence-corrected chi connectivity index (χ1v) is 6.88. The molecule has 0 radical (unpaired) electrons. The molecule has 0 saturated carbocycles. The first-order chi connectivity index (χ1) is 9.10. The number of halogens is 1. The molecule has 19 heavy (non-hydrogen) atoms. The molecule has 7 heteroatoms. The first kappa shape index (κ1) is 13.8. The third-order valence-electron chi connectivity index (χ3n) is 2.17. The lowest BCUT2D eigenvalue weighted by atomic mass is 10.3. The van der Waals surface area contributed by atoms with Gasteiger partial charge in [0.25, 0.3) is 5.91 Å². The number of ether oxygens (including phenoxy) is 1.